The topological polar surface area (TPSA) is 102 Å². The highest BCUT2D eigenvalue weighted by molar-refractivity contribution is 5.70. The van der Waals surface area contributed by atoms with Gasteiger partial charge in [0.2, 0.25) is 11.8 Å². The van der Waals surface area contributed by atoms with Gasteiger partial charge in [-0.25, -0.2) is 4.98 Å². The Morgan fingerprint density at radius 2 is 2.15 bits per heavy atom. The Bertz CT molecular complexity index is 923. The number of hydrogen-bond acceptors (Lipinski definition) is 6. The van der Waals surface area contributed by atoms with Gasteiger partial charge in [0.05, 0.1) is 26.3 Å². The number of rotatable bonds is 7. The van der Waals surface area contributed by atoms with E-state index in [9.17, 15) is 4.79 Å². The summed E-state index contributed by atoms with van der Waals surface area (Å²) in [5.74, 6) is 0.0792. The van der Waals surface area contributed by atoms with Gasteiger partial charge < -0.3 is 15.2 Å². The van der Waals surface area contributed by atoms with Crippen molar-refractivity contribution in [3.05, 3.63) is 48.4 Å². The fourth-order valence-corrected chi connectivity index (χ4v) is 2.51. The van der Waals surface area contributed by atoms with Gasteiger partial charge in [-0.2, -0.15) is 10.1 Å². The molecule has 2 aromatic heterocycles. The van der Waals surface area contributed by atoms with E-state index in [4.69, 9.17) is 9.84 Å². The van der Waals surface area contributed by atoms with Crippen LogP contribution < -0.4 is 10.1 Å². The minimum absolute atomic E-state index is 0.0366. The molecule has 1 aromatic carbocycles. The molecule has 3 aromatic rings. The van der Waals surface area contributed by atoms with Crippen molar-refractivity contribution >= 4 is 17.6 Å². The number of anilines is 2. The molecule has 134 valence electrons. The third-order valence-corrected chi connectivity index (χ3v) is 3.69. The molecule has 26 heavy (non-hydrogen) atoms. The average molecular weight is 353 g/mol. The predicted octanol–water partition coefficient (Wildman–Crippen LogP) is 2.88. The van der Waals surface area contributed by atoms with Crippen molar-refractivity contribution < 1.29 is 14.6 Å². The summed E-state index contributed by atoms with van der Waals surface area (Å²) in [5.41, 5.74) is 3.78. The zero-order chi connectivity index (χ0) is 18.5. The third-order valence-electron chi connectivity index (χ3n) is 3.69. The normalized spacial score (nSPS) is 10.5. The highest BCUT2D eigenvalue weighted by Crippen LogP contribution is 2.26. The Morgan fingerprint density at radius 1 is 1.31 bits per heavy atom. The number of aryl methyl sites for hydroxylation is 2. The lowest BCUT2D eigenvalue weighted by molar-refractivity contribution is -0.137. The van der Waals surface area contributed by atoms with Gasteiger partial charge in [-0.05, 0) is 30.2 Å². The van der Waals surface area contributed by atoms with E-state index in [1.807, 2.05) is 31.3 Å². The molecule has 0 aliphatic rings. The molecule has 0 unspecified atom stereocenters. The number of ether oxygens (including phenoxy) is 1. The zero-order valence-corrected chi connectivity index (χ0v) is 14.5. The number of methoxy groups -OCH3 is 1. The van der Waals surface area contributed by atoms with Crippen molar-refractivity contribution in [1.29, 1.82) is 0 Å². The van der Waals surface area contributed by atoms with E-state index < -0.39 is 5.97 Å². The molecule has 2 N–H and O–H groups in total. The largest absolute Gasteiger partial charge is 0.481 e. The lowest BCUT2D eigenvalue weighted by Crippen LogP contribution is -2.04. The number of carboxylic acid groups (broad SMARTS) is 1. The lowest BCUT2D eigenvalue weighted by Gasteiger charge is -2.09. The summed E-state index contributed by atoms with van der Waals surface area (Å²) in [5, 5.41) is 16.2. The smallest absolute Gasteiger partial charge is 0.305 e. The highest BCUT2D eigenvalue weighted by atomic mass is 16.5. The number of aromatic nitrogens is 4. The number of hydrogen-bond donors (Lipinski definition) is 2. The van der Waals surface area contributed by atoms with Crippen molar-refractivity contribution in [2.45, 2.75) is 19.9 Å². The Labute approximate surface area is 150 Å². The van der Waals surface area contributed by atoms with Gasteiger partial charge in [0.1, 0.15) is 0 Å². The first kappa shape index (κ1) is 17.4. The van der Waals surface area contributed by atoms with E-state index >= 15 is 0 Å². The molecule has 0 aliphatic carbocycles. The number of nitrogens with zero attached hydrogens (tertiary/aromatic N) is 4. The van der Waals surface area contributed by atoms with E-state index in [1.165, 1.54) is 0 Å². The van der Waals surface area contributed by atoms with Gasteiger partial charge >= 0.3 is 5.97 Å². The molecule has 2 heterocycles. The summed E-state index contributed by atoms with van der Waals surface area (Å²) in [4.78, 5) is 19.1. The van der Waals surface area contributed by atoms with Crippen LogP contribution >= 0.6 is 0 Å². The summed E-state index contributed by atoms with van der Waals surface area (Å²) < 4.78 is 6.74. The molecule has 0 spiro atoms. The molecule has 0 bridgehead atoms. The standard InChI is InChI=1S/C18H19N5O3/c1-12-7-13(14-10-20-23(11-14)6-4-17(24)25)9-15(8-12)21-18-19-5-3-16(22-18)26-2/h3,5,7-11H,4,6H2,1-2H3,(H,24,25)(H,19,21,22). The van der Waals surface area contributed by atoms with Gasteiger partial charge in [-0.15, -0.1) is 0 Å². The molecule has 8 nitrogen and oxygen atoms in total. The van der Waals surface area contributed by atoms with Crippen LogP contribution in [-0.2, 0) is 11.3 Å². The SMILES string of the molecule is COc1ccnc(Nc2cc(C)cc(-c3cnn(CCC(=O)O)c3)c2)n1. The number of aliphatic carboxylic acids is 1. The average Bonchev–Trinajstić information content (AvgIpc) is 3.09. The van der Waals surface area contributed by atoms with Crippen molar-refractivity contribution in [2.24, 2.45) is 0 Å². The maximum atomic E-state index is 10.7. The molecule has 0 saturated heterocycles. The molecular weight excluding hydrogens is 334 g/mol. The maximum absolute atomic E-state index is 10.7. The first-order valence-electron chi connectivity index (χ1n) is 8.04. The molecule has 3 rings (SSSR count). The molecule has 0 aliphatic heterocycles. The summed E-state index contributed by atoms with van der Waals surface area (Å²) in [6.45, 7) is 2.33. The molecule has 0 saturated carbocycles. The van der Waals surface area contributed by atoms with Crippen LogP contribution in [0.25, 0.3) is 11.1 Å². The van der Waals surface area contributed by atoms with E-state index in [0.29, 0.717) is 18.4 Å². The summed E-state index contributed by atoms with van der Waals surface area (Å²) in [7, 11) is 1.55. The lowest BCUT2D eigenvalue weighted by atomic mass is 10.1. The third kappa shape index (κ3) is 4.35. The van der Waals surface area contributed by atoms with Crippen LogP contribution in [0.15, 0.2) is 42.9 Å². The molecule has 0 amide bonds. The Balaban J connectivity index is 1.82. The summed E-state index contributed by atoms with van der Waals surface area (Å²) >= 11 is 0. The van der Waals surface area contributed by atoms with Crippen molar-refractivity contribution in [2.75, 3.05) is 12.4 Å². The van der Waals surface area contributed by atoms with Gasteiger partial charge in [0.25, 0.3) is 0 Å². The van der Waals surface area contributed by atoms with E-state index in [2.05, 4.69) is 20.4 Å². The predicted molar refractivity (Wildman–Crippen MR) is 96.5 cm³/mol. The van der Waals surface area contributed by atoms with E-state index in [0.717, 1.165) is 22.4 Å². The Hall–Kier alpha value is -3.42. The van der Waals surface area contributed by atoms with Crippen LogP contribution in [0.3, 0.4) is 0 Å². The van der Waals surface area contributed by atoms with Gasteiger partial charge in [-0.1, -0.05) is 6.07 Å². The molecule has 0 fully saturated rings. The minimum atomic E-state index is -0.845. The second kappa shape index (κ2) is 7.64. The van der Waals surface area contributed by atoms with Gasteiger partial charge in [-0.3, -0.25) is 9.48 Å². The molecular formula is C18H19N5O3. The molecule has 8 heteroatoms. The summed E-state index contributed by atoms with van der Waals surface area (Å²) in [6, 6.07) is 7.67. The first-order chi connectivity index (χ1) is 12.5. The fourth-order valence-electron chi connectivity index (χ4n) is 2.51. The molecule has 0 atom stereocenters. The second-order valence-corrected chi connectivity index (χ2v) is 5.77. The fraction of sp³-hybridized carbons (Fsp3) is 0.222. The Morgan fingerprint density at radius 3 is 2.92 bits per heavy atom. The van der Waals surface area contributed by atoms with E-state index in [1.54, 1.807) is 30.3 Å². The first-order valence-corrected chi connectivity index (χ1v) is 8.04. The van der Waals surface area contributed by atoms with Crippen LogP contribution in [-0.4, -0.2) is 37.9 Å². The van der Waals surface area contributed by atoms with Crippen LogP contribution in [0.1, 0.15) is 12.0 Å². The number of carbonyl (C=O) groups is 1. The van der Waals surface area contributed by atoms with Crippen LogP contribution in [0, 0.1) is 6.92 Å². The Kier molecular flexibility index (Phi) is 5.12. The minimum Gasteiger partial charge on any atom is -0.481 e. The van der Waals surface area contributed by atoms with Crippen LogP contribution in [0.5, 0.6) is 5.88 Å². The molecule has 0 radical (unpaired) electrons. The highest BCUT2D eigenvalue weighted by Gasteiger charge is 2.07. The number of benzene rings is 1. The second-order valence-electron chi connectivity index (χ2n) is 5.77. The van der Waals surface area contributed by atoms with Gasteiger partial charge in [0.15, 0.2) is 0 Å². The zero-order valence-electron chi connectivity index (χ0n) is 14.5. The van der Waals surface area contributed by atoms with Crippen molar-refractivity contribution in [3.63, 3.8) is 0 Å². The van der Waals surface area contributed by atoms with Crippen molar-refractivity contribution in [1.82, 2.24) is 19.7 Å². The van der Waals surface area contributed by atoms with Crippen molar-refractivity contribution in [3.8, 4) is 17.0 Å². The van der Waals surface area contributed by atoms with E-state index in [-0.39, 0.29) is 6.42 Å². The summed E-state index contributed by atoms with van der Waals surface area (Å²) in [6.07, 6.45) is 5.22. The number of carboxylic acids is 1. The number of nitrogens with one attached hydrogen (secondary N) is 1. The monoisotopic (exact) mass is 353 g/mol. The van der Waals surface area contributed by atoms with Crippen LogP contribution in [0.2, 0.25) is 0 Å². The quantitative estimate of drug-likeness (QED) is 0.673. The maximum Gasteiger partial charge on any atom is 0.305 e. The van der Waals surface area contributed by atoms with Crippen LogP contribution in [0.4, 0.5) is 11.6 Å². The van der Waals surface area contributed by atoms with Gasteiger partial charge in [0, 0.05) is 29.7 Å².